The molecule has 1 aliphatic rings. The van der Waals surface area contributed by atoms with Crippen LogP contribution in [0.1, 0.15) is 12.8 Å². The van der Waals surface area contributed by atoms with Gasteiger partial charge in [-0.25, -0.2) is 8.42 Å². The molecule has 0 radical (unpaired) electrons. The number of hydrogen-bond acceptors (Lipinski definition) is 3. The van der Waals surface area contributed by atoms with E-state index in [9.17, 15) is 8.42 Å². The van der Waals surface area contributed by atoms with E-state index in [0.717, 1.165) is 17.3 Å². The number of anilines is 2. The Bertz CT molecular complexity index is 483. The molecule has 0 bridgehead atoms. The second-order valence-corrected chi connectivity index (χ2v) is 6.45. The van der Waals surface area contributed by atoms with Crippen molar-refractivity contribution in [1.82, 2.24) is 0 Å². The zero-order chi connectivity index (χ0) is 11.1. The van der Waals surface area contributed by atoms with Crippen molar-refractivity contribution in [2.75, 3.05) is 10.5 Å². The highest BCUT2D eigenvalue weighted by Crippen LogP contribution is 2.31. The Morgan fingerprint density at radius 1 is 1.40 bits per heavy atom. The monoisotopic (exact) mass is 290 g/mol. The van der Waals surface area contributed by atoms with Crippen molar-refractivity contribution in [1.29, 1.82) is 0 Å². The number of halogens is 1. The van der Waals surface area contributed by atoms with Crippen LogP contribution in [-0.2, 0) is 10.0 Å². The SMILES string of the molecule is Nc1cc(Br)ccc1NS(=O)(=O)C1CC1. The number of hydrogen-bond donors (Lipinski definition) is 2. The highest BCUT2D eigenvalue weighted by molar-refractivity contribution is 9.10. The van der Waals surface area contributed by atoms with Crippen LogP contribution < -0.4 is 10.5 Å². The maximum atomic E-state index is 11.6. The molecule has 4 nitrogen and oxygen atoms in total. The number of nitrogens with one attached hydrogen (secondary N) is 1. The maximum absolute atomic E-state index is 11.6. The van der Waals surface area contributed by atoms with Crippen molar-refractivity contribution in [3.8, 4) is 0 Å². The third kappa shape index (κ3) is 2.43. The van der Waals surface area contributed by atoms with Crippen molar-refractivity contribution >= 4 is 37.3 Å². The summed E-state index contributed by atoms with van der Waals surface area (Å²) in [6.07, 6.45) is 1.48. The molecular weight excluding hydrogens is 280 g/mol. The summed E-state index contributed by atoms with van der Waals surface area (Å²) in [5.41, 5.74) is 6.57. The topological polar surface area (TPSA) is 72.2 Å². The number of nitrogens with two attached hydrogens (primary N) is 1. The molecule has 1 aromatic carbocycles. The van der Waals surface area contributed by atoms with Gasteiger partial charge in [-0.15, -0.1) is 0 Å². The second-order valence-electron chi connectivity index (χ2n) is 3.58. The zero-order valence-electron chi connectivity index (χ0n) is 7.90. The summed E-state index contributed by atoms with van der Waals surface area (Å²) >= 11 is 3.26. The quantitative estimate of drug-likeness (QED) is 0.836. The van der Waals surface area contributed by atoms with Gasteiger partial charge in [-0.05, 0) is 31.0 Å². The predicted molar refractivity (Wildman–Crippen MR) is 64.1 cm³/mol. The van der Waals surface area contributed by atoms with E-state index in [-0.39, 0.29) is 5.25 Å². The minimum atomic E-state index is -3.22. The van der Waals surface area contributed by atoms with Crippen LogP contribution in [0.15, 0.2) is 22.7 Å². The first-order valence-corrected chi connectivity index (χ1v) is 6.89. The first-order valence-electron chi connectivity index (χ1n) is 4.56. The Balaban J connectivity index is 2.24. The second kappa shape index (κ2) is 3.68. The molecule has 1 fully saturated rings. The predicted octanol–water partition coefficient (Wildman–Crippen LogP) is 1.94. The van der Waals surface area contributed by atoms with Crippen LogP contribution in [0, 0.1) is 0 Å². The molecule has 15 heavy (non-hydrogen) atoms. The molecule has 0 aliphatic heterocycles. The van der Waals surface area contributed by atoms with E-state index in [1.54, 1.807) is 18.2 Å². The first kappa shape index (κ1) is 10.8. The summed E-state index contributed by atoms with van der Waals surface area (Å²) in [6.45, 7) is 0. The van der Waals surface area contributed by atoms with E-state index < -0.39 is 10.0 Å². The summed E-state index contributed by atoms with van der Waals surface area (Å²) in [5, 5.41) is -0.236. The maximum Gasteiger partial charge on any atom is 0.235 e. The molecule has 1 saturated carbocycles. The third-order valence-electron chi connectivity index (χ3n) is 2.23. The number of benzene rings is 1. The van der Waals surface area contributed by atoms with Gasteiger partial charge < -0.3 is 5.73 Å². The highest BCUT2D eigenvalue weighted by Gasteiger charge is 2.35. The minimum absolute atomic E-state index is 0.236. The van der Waals surface area contributed by atoms with Gasteiger partial charge in [0.15, 0.2) is 0 Å². The minimum Gasteiger partial charge on any atom is -0.397 e. The molecule has 0 saturated heterocycles. The first-order chi connectivity index (χ1) is 6.99. The van der Waals surface area contributed by atoms with Gasteiger partial charge in [0.1, 0.15) is 0 Å². The van der Waals surface area contributed by atoms with Crippen LogP contribution in [0.2, 0.25) is 0 Å². The Morgan fingerprint density at radius 3 is 2.60 bits per heavy atom. The Morgan fingerprint density at radius 2 is 2.07 bits per heavy atom. The normalized spacial score (nSPS) is 16.3. The van der Waals surface area contributed by atoms with Gasteiger partial charge in [-0.3, -0.25) is 4.72 Å². The van der Waals surface area contributed by atoms with Gasteiger partial charge in [0, 0.05) is 4.47 Å². The fraction of sp³-hybridized carbons (Fsp3) is 0.333. The average molecular weight is 291 g/mol. The van der Waals surface area contributed by atoms with Crippen LogP contribution in [0.5, 0.6) is 0 Å². The number of sulfonamides is 1. The average Bonchev–Trinajstić information content (AvgIpc) is 2.92. The molecule has 0 spiro atoms. The van der Waals surface area contributed by atoms with Gasteiger partial charge in [0.2, 0.25) is 10.0 Å². The smallest absolute Gasteiger partial charge is 0.235 e. The molecular formula is C9H11BrN2O2S. The Hall–Kier alpha value is -0.750. The zero-order valence-corrected chi connectivity index (χ0v) is 10.3. The van der Waals surface area contributed by atoms with Crippen LogP contribution in [0.4, 0.5) is 11.4 Å². The van der Waals surface area contributed by atoms with Gasteiger partial charge in [0.05, 0.1) is 16.6 Å². The fourth-order valence-corrected chi connectivity index (χ4v) is 3.04. The molecule has 1 aromatic rings. The van der Waals surface area contributed by atoms with Crippen LogP contribution in [-0.4, -0.2) is 13.7 Å². The lowest BCUT2D eigenvalue weighted by Gasteiger charge is -2.09. The molecule has 0 amide bonds. The third-order valence-corrected chi connectivity index (χ3v) is 4.58. The van der Waals surface area contributed by atoms with Gasteiger partial charge >= 0.3 is 0 Å². The molecule has 0 atom stereocenters. The molecule has 0 aromatic heterocycles. The molecule has 2 rings (SSSR count). The standard InChI is InChI=1S/C9H11BrN2O2S/c10-6-1-4-9(8(11)5-6)12-15(13,14)7-2-3-7/h1,4-5,7,12H,2-3,11H2. The van der Waals surface area contributed by atoms with Crippen molar-refractivity contribution in [2.24, 2.45) is 0 Å². The fourth-order valence-electron chi connectivity index (χ4n) is 1.24. The molecule has 1 aliphatic carbocycles. The lowest BCUT2D eigenvalue weighted by Crippen LogP contribution is -2.18. The molecule has 0 heterocycles. The van der Waals surface area contributed by atoms with Crippen LogP contribution in [0.3, 0.4) is 0 Å². The molecule has 0 unspecified atom stereocenters. The van der Waals surface area contributed by atoms with Gasteiger partial charge in [0.25, 0.3) is 0 Å². The van der Waals surface area contributed by atoms with Gasteiger partial charge in [-0.1, -0.05) is 15.9 Å². The molecule has 3 N–H and O–H groups in total. The van der Waals surface area contributed by atoms with E-state index in [1.807, 2.05) is 0 Å². The molecule has 6 heteroatoms. The van der Waals surface area contributed by atoms with Gasteiger partial charge in [-0.2, -0.15) is 0 Å². The van der Waals surface area contributed by atoms with Crippen molar-refractivity contribution in [2.45, 2.75) is 18.1 Å². The summed E-state index contributed by atoms with van der Waals surface area (Å²) in [6, 6.07) is 5.07. The Kier molecular flexibility index (Phi) is 2.64. The number of nitrogen functional groups attached to an aromatic ring is 1. The summed E-state index contributed by atoms with van der Waals surface area (Å²) in [7, 11) is -3.22. The molecule has 82 valence electrons. The van der Waals surface area contributed by atoms with Crippen LogP contribution in [0.25, 0.3) is 0 Å². The van der Waals surface area contributed by atoms with E-state index >= 15 is 0 Å². The summed E-state index contributed by atoms with van der Waals surface area (Å²) in [5.74, 6) is 0. The van der Waals surface area contributed by atoms with E-state index in [2.05, 4.69) is 20.7 Å². The summed E-state index contributed by atoms with van der Waals surface area (Å²) < 4.78 is 26.6. The summed E-state index contributed by atoms with van der Waals surface area (Å²) in [4.78, 5) is 0. The number of rotatable bonds is 3. The largest absolute Gasteiger partial charge is 0.397 e. The Labute approximate surface area is 97.0 Å². The highest BCUT2D eigenvalue weighted by atomic mass is 79.9. The van der Waals surface area contributed by atoms with E-state index in [1.165, 1.54) is 0 Å². The van der Waals surface area contributed by atoms with E-state index in [4.69, 9.17) is 5.73 Å². The van der Waals surface area contributed by atoms with Crippen molar-refractivity contribution in [3.63, 3.8) is 0 Å². The van der Waals surface area contributed by atoms with Crippen LogP contribution >= 0.6 is 15.9 Å². The van der Waals surface area contributed by atoms with Crippen molar-refractivity contribution in [3.05, 3.63) is 22.7 Å². The lowest BCUT2D eigenvalue weighted by molar-refractivity contribution is 0.600. The van der Waals surface area contributed by atoms with E-state index in [0.29, 0.717) is 11.4 Å². The van der Waals surface area contributed by atoms with Crippen molar-refractivity contribution < 1.29 is 8.42 Å². The lowest BCUT2D eigenvalue weighted by atomic mass is 10.3.